The molecule has 4 aromatic carbocycles. The van der Waals surface area contributed by atoms with Crippen molar-refractivity contribution in [2.75, 3.05) is 13.1 Å². The molecule has 0 radical (unpaired) electrons. The van der Waals surface area contributed by atoms with Gasteiger partial charge in [0, 0.05) is 32.4 Å². The largest absolute Gasteiger partial charge is 0.490 e. The van der Waals surface area contributed by atoms with Crippen LogP contribution in [0.15, 0.2) is 115 Å². The van der Waals surface area contributed by atoms with Crippen LogP contribution >= 0.6 is 0 Å². The molecule has 0 aliphatic carbocycles. The molecule has 1 fully saturated rings. The van der Waals surface area contributed by atoms with Crippen molar-refractivity contribution in [1.29, 1.82) is 5.26 Å². The van der Waals surface area contributed by atoms with Gasteiger partial charge in [0.25, 0.3) is 0 Å². The number of ether oxygens (including phenoxy) is 1. The van der Waals surface area contributed by atoms with Crippen LogP contribution in [0.25, 0.3) is 11.0 Å². The molecule has 43 heavy (non-hydrogen) atoms. The molecule has 3 N–H and O–H groups in total. The maximum absolute atomic E-state index is 13.1. The molecule has 0 saturated carbocycles. The number of nitriles is 1. The third-order valence-corrected chi connectivity index (χ3v) is 7.61. The van der Waals surface area contributed by atoms with E-state index in [0.29, 0.717) is 37.0 Å². The predicted molar refractivity (Wildman–Crippen MR) is 164 cm³/mol. The number of aromatic nitrogens is 3. The van der Waals surface area contributed by atoms with E-state index in [9.17, 15) is 10.1 Å². The first-order valence-corrected chi connectivity index (χ1v) is 14.1. The molecular formula is C34H35N5O4. The van der Waals surface area contributed by atoms with Gasteiger partial charge in [-0.2, -0.15) is 5.26 Å². The zero-order valence-electron chi connectivity index (χ0n) is 23.8. The number of carbonyl (C=O) groups is 1. The van der Waals surface area contributed by atoms with Crippen molar-refractivity contribution in [2.24, 2.45) is 0 Å². The van der Waals surface area contributed by atoms with Gasteiger partial charge in [-0.1, -0.05) is 95.8 Å². The van der Waals surface area contributed by atoms with Gasteiger partial charge in [0.15, 0.2) is 0 Å². The lowest BCUT2D eigenvalue weighted by Crippen LogP contribution is -2.42. The van der Waals surface area contributed by atoms with E-state index in [0.717, 1.165) is 34.6 Å². The van der Waals surface area contributed by atoms with E-state index in [1.54, 1.807) is 12.1 Å². The highest BCUT2D eigenvalue weighted by atomic mass is 16.5. The number of rotatable bonds is 7. The van der Waals surface area contributed by atoms with E-state index < -0.39 is 5.41 Å². The highest BCUT2D eigenvalue weighted by Crippen LogP contribution is 2.36. The van der Waals surface area contributed by atoms with E-state index in [1.165, 1.54) is 0 Å². The summed E-state index contributed by atoms with van der Waals surface area (Å²) in [6.45, 7) is 1.37. The molecule has 5 aromatic rings. The third kappa shape index (κ3) is 7.36. The van der Waals surface area contributed by atoms with Crippen LogP contribution in [0.3, 0.4) is 0 Å². The summed E-state index contributed by atoms with van der Waals surface area (Å²) in [5.74, 6) is 0.983. The summed E-state index contributed by atoms with van der Waals surface area (Å²) in [7, 11) is 0. The summed E-state index contributed by atoms with van der Waals surface area (Å²) < 4.78 is 6.05. The van der Waals surface area contributed by atoms with Crippen molar-refractivity contribution >= 4 is 16.9 Å². The molecule has 1 amide bonds. The van der Waals surface area contributed by atoms with Gasteiger partial charge < -0.3 is 20.3 Å². The van der Waals surface area contributed by atoms with Crippen molar-refractivity contribution in [3.05, 3.63) is 126 Å². The van der Waals surface area contributed by atoms with Crippen LogP contribution in [0.1, 0.15) is 36.8 Å². The number of para-hydroxylation sites is 2. The van der Waals surface area contributed by atoms with Crippen LogP contribution in [0.4, 0.5) is 0 Å². The molecule has 220 valence electrons. The summed E-state index contributed by atoms with van der Waals surface area (Å²) in [6.07, 6.45) is 2.56. The van der Waals surface area contributed by atoms with Crippen molar-refractivity contribution in [3.8, 4) is 11.8 Å². The minimum atomic E-state index is -0.840. The highest BCUT2D eigenvalue weighted by Gasteiger charge is 2.35. The van der Waals surface area contributed by atoms with Gasteiger partial charge in [0.1, 0.15) is 28.3 Å². The Kier molecular flexibility index (Phi) is 10.5. The molecule has 0 atom stereocenters. The molecule has 1 aliphatic rings. The fourth-order valence-electron chi connectivity index (χ4n) is 5.31. The molecular weight excluding hydrogens is 542 g/mol. The molecule has 1 aliphatic heterocycles. The molecule has 9 heteroatoms. The van der Waals surface area contributed by atoms with Crippen LogP contribution in [0, 0.1) is 11.3 Å². The lowest BCUT2D eigenvalue weighted by Gasteiger charge is -2.33. The Morgan fingerprint density at radius 2 is 1.40 bits per heavy atom. The Labute approximate surface area is 250 Å². The van der Waals surface area contributed by atoms with Crippen molar-refractivity contribution in [1.82, 2.24) is 20.1 Å². The summed E-state index contributed by atoms with van der Waals surface area (Å²) in [6, 6.07) is 39.2. The second-order valence-corrected chi connectivity index (χ2v) is 10.2. The molecule has 0 bridgehead atoms. The van der Waals surface area contributed by atoms with Crippen molar-refractivity contribution in [2.45, 2.75) is 37.2 Å². The molecule has 2 heterocycles. The van der Waals surface area contributed by atoms with Gasteiger partial charge in [-0.05, 0) is 47.0 Å². The first kappa shape index (κ1) is 30.8. The quantitative estimate of drug-likeness (QED) is 0.265. The number of piperidine rings is 1. The van der Waals surface area contributed by atoms with Gasteiger partial charge >= 0.3 is 0 Å². The number of nitrogens with zero attached hydrogens (tertiary/aromatic N) is 5. The first-order valence-electron chi connectivity index (χ1n) is 14.1. The zero-order valence-corrected chi connectivity index (χ0v) is 23.8. The van der Waals surface area contributed by atoms with E-state index in [-0.39, 0.29) is 17.5 Å². The highest BCUT2D eigenvalue weighted by molar-refractivity contribution is 5.76. The van der Waals surface area contributed by atoms with Gasteiger partial charge in [-0.3, -0.25) is 4.79 Å². The second-order valence-electron chi connectivity index (χ2n) is 10.2. The van der Waals surface area contributed by atoms with Crippen molar-refractivity contribution in [3.63, 3.8) is 0 Å². The van der Waals surface area contributed by atoms with Crippen LogP contribution < -0.4 is 4.74 Å². The minimum Gasteiger partial charge on any atom is -0.490 e. The summed E-state index contributed by atoms with van der Waals surface area (Å²) in [5, 5.41) is 26.3. The molecule has 9 nitrogen and oxygen atoms in total. The molecule has 0 spiro atoms. The Morgan fingerprint density at radius 1 is 0.860 bits per heavy atom. The average molecular weight is 578 g/mol. The Balaban J connectivity index is 0.000000323. The number of carbonyl (C=O) groups excluding carboxylic acids is 1. The Hall–Kier alpha value is -5.20. The first-order chi connectivity index (χ1) is 20.6. The topological polar surface area (TPSA) is 136 Å². The number of amides is 1. The number of hydrogen-bond donors (Lipinski definition) is 1. The summed E-state index contributed by atoms with van der Waals surface area (Å²) in [4.78, 5) is 15.7. The van der Waals surface area contributed by atoms with E-state index in [1.807, 2.05) is 108 Å². The maximum atomic E-state index is 13.1. The summed E-state index contributed by atoms with van der Waals surface area (Å²) >= 11 is 0. The Morgan fingerprint density at radius 3 is 1.95 bits per heavy atom. The van der Waals surface area contributed by atoms with Gasteiger partial charge in [-0.15, -0.1) is 5.10 Å². The average Bonchev–Trinajstić information content (AvgIpc) is 3.44. The van der Waals surface area contributed by atoms with Gasteiger partial charge in [0.2, 0.25) is 5.91 Å². The fourth-order valence-corrected chi connectivity index (χ4v) is 5.31. The third-order valence-electron chi connectivity index (χ3n) is 7.61. The maximum Gasteiger partial charge on any atom is 0.222 e. The number of benzene rings is 4. The number of hydrogen-bond acceptors (Lipinski definition) is 6. The lowest BCUT2D eigenvalue weighted by atomic mass is 9.72. The zero-order chi connectivity index (χ0) is 29.2. The van der Waals surface area contributed by atoms with Crippen LogP contribution in [-0.4, -0.2) is 55.8 Å². The van der Waals surface area contributed by atoms with Crippen LogP contribution in [0.2, 0.25) is 0 Å². The van der Waals surface area contributed by atoms with Crippen LogP contribution in [0.5, 0.6) is 5.75 Å². The molecule has 0 unspecified atom stereocenters. The fraction of sp³-hybridized carbons (Fsp3) is 0.235. The van der Waals surface area contributed by atoms with Gasteiger partial charge in [0.05, 0.1) is 6.07 Å². The van der Waals surface area contributed by atoms with E-state index in [4.69, 9.17) is 9.94 Å². The van der Waals surface area contributed by atoms with Gasteiger partial charge in [-0.25, -0.2) is 0 Å². The standard InChI is InChI=1S/C28H28N2O2.C6H5N3O.H2O/c29-22-28(23-10-4-1-5-11-23,24-12-6-2-7-13-24)19-16-27(31)30-20-17-26(18-21-30)32-25-14-8-3-9-15-25;10-9-6-4-2-1-3-5(6)7-8-9;/h1-15,26H,16-21H2;1-4,10H;1H2. The SMILES string of the molecule is N#CC(CCC(=O)N1CCC(Oc2ccccc2)CC1)(c1ccccc1)c1ccccc1.O.On1nnc2ccccc21. The van der Waals surface area contributed by atoms with Crippen molar-refractivity contribution < 1.29 is 20.2 Å². The monoisotopic (exact) mass is 577 g/mol. The normalized spacial score (nSPS) is 13.2. The molecule has 1 saturated heterocycles. The Bertz CT molecular complexity index is 1570. The molecule has 1 aromatic heterocycles. The van der Waals surface area contributed by atoms with E-state index in [2.05, 4.69) is 16.4 Å². The predicted octanol–water partition coefficient (Wildman–Crippen LogP) is 5.19. The number of likely N-dealkylation sites (tertiary alicyclic amines) is 1. The smallest absolute Gasteiger partial charge is 0.222 e. The number of fused-ring (bicyclic) bond motifs is 1. The second kappa shape index (κ2) is 14.6. The lowest BCUT2D eigenvalue weighted by molar-refractivity contribution is -0.133. The summed E-state index contributed by atoms with van der Waals surface area (Å²) in [5.41, 5.74) is 2.34. The molecule has 6 rings (SSSR count). The van der Waals surface area contributed by atoms with E-state index >= 15 is 0 Å². The minimum absolute atomic E-state index is 0. The van der Waals surface area contributed by atoms with Crippen LogP contribution in [-0.2, 0) is 10.2 Å².